The van der Waals surface area contributed by atoms with Crippen LogP contribution in [0.3, 0.4) is 0 Å². The monoisotopic (exact) mass is 404 g/mol. The molecule has 6 nitrogen and oxygen atoms in total. The van der Waals surface area contributed by atoms with Gasteiger partial charge in [0.15, 0.2) is 0 Å². The molecule has 0 bridgehead atoms. The van der Waals surface area contributed by atoms with E-state index in [0.29, 0.717) is 24.5 Å². The molecule has 0 unspecified atom stereocenters. The number of para-hydroxylation sites is 1. The molecule has 30 heavy (non-hydrogen) atoms. The molecule has 1 N–H and O–H groups in total. The number of piperazine rings is 1. The second-order valence-electron chi connectivity index (χ2n) is 7.61. The van der Waals surface area contributed by atoms with E-state index >= 15 is 0 Å². The lowest BCUT2D eigenvalue weighted by Crippen LogP contribution is -2.47. The third kappa shape index (κ3) is 5.07. The van der Waals surface area contributed by atoms with Gasteiger partial charge in [-0.05, 0) is 24.6 Å². The number of aromatic nitrogens is 2. The maximum atomic E-state index is 12.7. The molecule has 1 saturated heterocycles. The molecule has 3 aromatic rings. The average molecular weight is 405 g/mol. The topological polar surface area (TPSA) is 61.5 Å². The van der Waals surface area contributed by atoms with Crippen molar-refractivity contribution in [1.82, 2.24) is 14.9 Å². The SMILES string of the molecule is Cc1nc(N2CCN(Cc3ccccc3)CC2)[nH]c(=O)c1CCOc1ccccc1. The Morgan fingerprint density at radius 2 is 1.63 bits per heavy atom. The summed E-state index contributed by atoms with van der Waals surface area (Å²) < 4.78 is 5.73. The van der Waals surface area contributed by atoms with Crippen LogP contribution in [0.15, 0.2) is 65.5 Å². The van der Waals surface area contributed by atoms with Crippen LogP contribution in [0, 0.1) is 6.92 Å². The fourth-order valence-corrected chi connectivity index (χ4v) is 3.79. The minimum absolute atomic E-state index is 0.0686. The fourth-order valence-electron chi connectivity index (χ4n) is 3.79. The van der Waals surface area contributed by atoms with Gasteiger partial charge < -0.3 is 9.64 Å². The van der Waals surface area contributed by atoms with Gasteiger partial charge in [-0.15, -0.1) is 0 Å². The van der Waals surface area contributed by atoms with E-state index in [1.165, 1.54) is 5.56 Å². The first-order chi connectivity index (χ1) is 14.7. The van der Waals surface area contributed by atoms with Gasteiger partial charge in [0, 0.05) is 44.7 Å². The van der Waals surface area contributed by atoms with Crippen LogP contribution >= 0.6 is 0 Å². The molecule has 2 heterocycles. The van der Waals surface area contributed by atoms with E-state index in [9.17, 15) is 4.79 Å². The Hall–Kier alpha value is -3.12. The predicted molar refractivity (Wildman–Crippen MR) is 119 cm³/mol. The lowest BCUT2D eigenvalue weighted by molar-refractivity contribution is 0.248. The lowest BCUT2D eigenvalue weighted by Gasteiger charge is -2.35. The molecule has 2 aromatic carbocycles. The van der Waals surface area contributed by atoms with Crippen molar-refractivity contribution in [3.05, 3.63) is 87.8 Å². The summed E-state index contributed by atoms with van der Waals surface area (Å²) in [5, 5.41) is 0. The molecule has 1 aliphatic rings. The molecular formula is C24H28N4O2. The molecule has 4 rings (SSSR count). The van der Waals surface area contributed by atoms with Crippen LogP contribution in [0.5, 0.6) is 5.75 Å². The van der Waals surface area contributed by atoms with E-state index in [1.54, 1.807) is 0 Å². The van der Waals surface area contributed by atoms with E-state index in [-0.39, 0.29) is 5.56 Å². The zero-order valence-electron chi connectivity index (χ0n) is 17.4. The Bertz CT molecular complexity index is 997. The number of hydrogen-bond donors (Lipinski definition) is 1. The van der Waals surface area contributed by atoms with Gasteiger partial charge in [-0.2, -0.15) is 0 Å². The summed E-state index contributed by atoms with van der Waals surface area (Å²) >= 11 is 0. The summed E-state index contributed by atoms with van der Waals surface area (Å²) in [7, 11) is 0. The van der Waals surface area contributed by atoms with Gasteiger partial charge in [-0.1, -0.05) is 48.5 Å². The van der Waals surface area contributed by atoms with E-state index in [2.05, 4.69) is 44.0 Å². The van der Waals surface area contributed by atoms with Crippen molar-refractivity contribution < 1.29 is 4.74 Å². The lowest BCUT2D eigenvalue weighted by atomic mass is 10.2. The molecule has 0 atom stereocenters. The van der Waals surface area contributed by atoms with Crippen molar-refractivity contribution in [3.8, 4) is 5.75 Å². The molecule has 1 aromatic heterocycles. The highest BCUT2D eigenvalue weighted by Crippen LogP contribution is 2.14. The van der Waals surface area contributed by atoms with Crippen LogP contribution in [-0.4, -0.2) is 47.7 Å². The third-order valence-electron chi connectivity index (χ3n) is 5.49. The molecular weight excluding hydrogens is 376 g/mol. The maximum absolute atomic E-state index is 12.7. The zero-order valence-corrected chi connectivity index (χ0v) is 17.4. The normalized spacial score (nSPS) is 14.6. The highest BCUT2D eigenvalue weighted by atomic mass is 16.5. The number of aromatic amines is 1. The van der Waals surface area contributed by atoms with Crippen molar-refractivity contribution in [3.63, 3.8) is 0 Å². The summed E-state index contributed by atoms with van der Waals surface area (Å²) in [5.41, 5.74) is 2.73. The van der Waals surface area contributed by atoms with Gasteiger partial charge >= 0.3 is 0 Å². The second-order valence-corrected chi connectivity index (χ2v) is 7.61. The Labute approximate surface area is 177 Å². The van der Waals surface area contributed by atoms with Gasteiger partial charge in [0.05, 0.1) is 12.3 Å². The molecule has 6 heteroatoms. The zero-order chi connectivity index (χ0) is 20.8. The molecule has 0 amide bonds. The van der Waals surface area contributed by atoms with E-state index in [1.807, 2.05) is 43.3 Å². The number of benzene rings is 2. The Kier molecular flexibility index (Phi) is 6.44. The molecule has 0 spiro atoms. The minimum atomic E-state index is -0.0686. The fraction of sp³-hybridized carbons (Fsp3) is 0.333. The molecule has 0 aliphatic carbocycles. The number of anilines is 1. The Balaban J connectivity index is 1.33. The maximum Gasteiger partial charge on any atom is 0.255 e. The summed E-state index contributed by atoms with van der Waals surface area (Å²) in [6.07, 6.45) is 0.536. The quantitative estimate of drug-likeness (QED) is 0.656. The van der Waals surface area contributed by atoms with Crippen molar-refractivity contribution in [1.29, 1.82) is 0 Å². The third-order valence-corrected chi connectivity index (χ3v) is 5.49. The van der Waals surface area contributed by atoms with E-state index in [0.717, 1.165) is 44.2 Å². The first kappa shape index (κ1) is 20.2. The number of H-pyrrole nitrogens is 1. The largest absolute Gasteiger partial charge is 0.493 e. The molecule has 0 radical (unpaired) electrons. The number of rotatable bonds is 7. The number of hydrogen-bond acceptors (Lipinski definition) is 5. The van der Waals surface area contributed by atoms with Crippen LogP contribution < -0.4 is 15.2 Å². The molecule has 156 valence electrons. The Morgan fingerprint density at radius 1 is 0.967 bits per heavy atom. The van der Waals surface area contributed by atoms with Crippen molar-refractivity contribution in [2.24, 2.45) is 0 Å². The van der Waals surface area contributed by atoms with Gasteiger partial charge in [0.25, 0.3) is 5.56 Å². The summed E-state index contributed by atoms with van der Waals surface area (Å²) in [6, 6.07) is 20.2. The van der Waals surface area contributed by atoms with Gasteiger partial charge in [0.2, 0.25) is 5.95 Å². The van der Waals surface area contributed by atoms with Crippen LogP contribution in [-0.2, 0) is 13.0 Å². The highest BCUT2D eigenvalue weighted by Gasteiger charge is 2.20. The molecule has 0 saturated carbocycles. The standard InChI is InChI=1S/C24H28N4O2/c1-19-22(12-17-30-21-10-6-3-7-11-21)23(29)26-24(25-19)28-15-13-27(14-16-28)18-20-8-4-2-5-9-20/h2-11H,12-18H2,1H3,(H,25,26,29). The summed E-state index contributed by atoms with van der Waals surface area (Å²) in [4.78, 5) is 24.9. The predicted octanol–water partition coefficient (Wildman–Crippen LogP) is 3.02. The number of nitrogens with zero attached hydrogens (tertiary/aromatic N) is 3. The van der Waals surface area contributed by atoms with Crippen molar-refractivity contribution in [2.45, 2.75) is 19.9 Å². The number of nitrogens with one attached hydrogen (secondary N) is 1. The average Bonchev–Trinajstić information content (AvgIpc) is 2.77. The van der Waals surface area contributed by atoms with Crippen LogP contribution in [0.2, 0.25) is 0 Å². The van der Waals surface area contributed by atoms with Crippen LogP contribution in [0.1, 0.15) is 16.8 Å². The smallest absolute Gasteiger partial charge is 0.255 e. The summed E-state index contributed by atoms with van der Waals surface area (Å²) in [5.74, 6) is 1.48. The first-order valence-corrected chi connectivity index (χ1v) is 10.5. The number of aryl methyl sites for hydroxylation is 1. The number of ether oxygens (including phenoxy) is 1. The van der Waals surface area contributed by atoms with Gasteiger partial charge in [0.1, 0.15) is 5.75 Å². The van der Waals surface area contributed by atoms with E-state index < -0.39 is 0 Å². The minimum Gasteiger partial charge on any atom is -0.493 e. The second kappa shape index (κ2) is 9.59. The van der Waals surface area contributed by atoms with Gasteiger partial charge in [-0.25, -0.2) is 4.98 Å². The summed E-state index contributed by atoms with van der Waals surface area (Å²) in [6.45, 7) is 6.92. The molecule has 1 aliphatic heterocycles. The van der Waals surface area contributed by atoms with Crippen molar-refractivity contribution >= 4 is 5.95 Å². The Morgan fingerprint density at radius 3 is 2.30 bits per heavy atom. The van der Waals surface area contributed by atoms with Gasteiger partial charge in [-0.3, -0.25) is 14.7 Å². The molecule has 1 fully saturated rings. The van der Waals surface area contributed by atoms with Crippen LogP contribution in [0.25, 0.3) is 0 Å². The van der Waals surface area contributed by atoms with Crippen LogP contribution in [0.4, 0.5) is 5.95 Å². The highest BCUT2D eigenvalue weighted by molar-refractivity contribution is 5.34. The van der Waals surface area contributed by atoms with Crippen molar-refractivity contribution in [2.75, 3.05) is 37.7 Å². The van der Waals surface area contributed by atoms with E-state index in [4.69, 9.17) is 4.74 Å². The first-order valence-electron chi connectivity index (χ1n) is 10.5.